The number of fused-ring (bicyclic) bond motifs is 1. The van der Waals surface area contributed by atoms with Crippen LogP contribution in [0, 0.1) is 0 Å². The number of hydrogen-bond acceptors (Lipinski definition) is 1. The fraction of sp³-hybridized carbons (Fsp3) is 0.160. The van der Waals surface area contributed by atoms with Gasteiger partial charge >= 0.3 is 0 Å². The zero-order valence-electron chi connectivity index (χ0n) is 15.8. The van der Waals surface area contributed by atoms with Crippen molar-refractivity contribution in [3.63, 3.8) is 0 Å². The fourth-order valence-electron chi connectivity index (χ4n) is 3.67. The molecule has 1 atom stereocenters. The topological polar surface area (TPSA) is 13.1 Å². The predicted molar refractivity (Wildman–Crippen MR) is 110 cm³/mol. The number of aromatic nitrogens is 1. The van der Waals surface area contributed by atoms with Crippen LogP contribution in [0.25, 0.3) is 10.8 Å². The Morgan fingerprint density at radius 3 is 2.26 bits per heavy atom. The van der Waals surface area contributed by atoms with Gasteiger partial charge in [-0.2, -0.15) is 4.57 Å². The molecule has 0 fully saturated rings. The van der Waals surface area contributed by atoms with Crippen molar-refractivity contribution in [1.82, 2.24) is 0 Å². The van der Waals surface area contributed by atoms with Crippen LogP contribution in [-0.4, -0.2) is 7.11 Å². The van der Waals surface area contributed by atoms with E-state index in [0.29, 0.717) is 0 Å². The van der Waals surface area contributed by atoms with Gasteiger partial charge in [0.25, 0.3) is 0 Å². The van der Waals surface area contributed by atoms with Crippen LogP contribution in [0.15, 0.2) is 91.1 Å². The van der Waals surface area contributed by atoms with Crippen molar-refractivity contribution in [3.8, 4) is 5.75 Å². The van der Waals surface area contributed by atoms with Crippen LogP contribution in [0.1, 0.15) is 29.8 Å². The van der Waals surface area contributed by atoms with Gasteiger partial charge in [0.05, 0.1) is 13.5 Å². The van der Waals surface area contributed by atoms with E-state index in [1.54, 1.807) is 7.11 Å². The Labute approximate surface area is 160 Å². The summed E-state index contributed by atoms with van der Waals surface area (Å²) in [7, 11) is 1.70. The molecule has 134 valence electrons. The maximum atomic E-state index is 5.30. The maximum absolute atomic E-state index is 5.30. The third-order valence-electron chi connectivity index (χ3n) is 5.23. The average molecular weight is 354 g/mol. The van der Waals surface area contributed by atoms with Gasteiger partial charge in [-0.05, 0) is 29.1 Å². The molecule has 0 saturated carbocycles. The van der Waals surface area contributed by atoms with E-state index in [1.165, 1.54) is 27.6 Å². The summed E-state index contributed by atoms with van der Waals surface area (Å²) in [6.07, 6.45) is 3.10. The minimum Gasteiger partial charge on any atom is -0.497 e. The summed E-state index contributed by atoms with van der Waals surface area (Å²) in [5.41, 5.74) is 3.92. The van der Waals surface area contributed by atoms with Crippen molar-refractivity contribution in [2.45, 2.75) is 19.4 Å². The lowest BCUT2D eigenvalue weighted by atomic mass is 10.0. The van der Waals surface area contributed by atoms with Gasteiger partial charge in [-0.15, -0.1) is 0 Å². The van der Waals surface area contributed by atoms with Crippen molar-refractivity contribution >= 4 is 10.8 Å². The number of ether oxygens (including phenoxy) is 1. The van der Waals surface area contributed by atoms with E-state index in [9.17, 15) is 0 Å². The Morgan fingerprint density at radius 1 is 0.815 bits per heavy atom. The number of benzene rings is 3. The summed E-state index contributed by atoms with van der Waals surface area (Å²) in [4.78, 5) is 0. The molecule has 0 aliphatic rings. The van der Waals surface area contributed by atoms with Gasteiger partial charge in [-0.25, -0.2) is 0 Å². The second kappa shape index (κ2) is 7.63. The molecule has 3 aromatic carbocycles. The van der Waals surface area contributed by atoms with Gasteiger partial charge in [0, 0.05) is 23.9 Å². The molecule has 0 radical (unpaired) electrons. The lowest BCUT2D eigenvalue weighted by molar-refractivity contribution is -0.715. The Hall–Kier alpha value is -3.13. The second-order valence-electron chi connectivity index (χ2n) is 6.87. The normalized spacial score (nSPS) is 12.1. The minimum absolute atomic E-state index is 0.268. The van der Waals surface area contributed by atoms with Crippen LogP contribution in [0.2, 0.25) is 0 Å². The molecule has 1 heterocycles. The molecule has 0 spiro atoms. The van der Waals surface area contributed by atoms with Crippen molar-refractivity contribution < 1.29 is 9.30 Å². The van der Waals surface area contributed by atoms with E-state index >= 15 is 0 Å². The van der Waals surface area contributed by atoms with Crippen LogP contribution in [-0.2, 0) is 6.42 Å². The van der Waals surface area contributed by atoms with Crippen LogP contribution < -0.4 is 9.30 Å². The van der Waals surface area contributed by atoms with Gasteiger partial charge in [0.1, 0.15) is 5.75 Å². The minimum atomic E-state index is 0.268. The summed E-state index contributed by atoms with van der Waals surface area (Å²) in [5, 5.41) is 2.58. The SMILES string of the molecule is COc1ccc(Cc2c3ccccc3cc[n+]2[C@@H](C)c2ccccc2)cc1. The summed E-state index contributed by atoms with van der Waals surface area (Å²) < 4.78 is 7.71. The summed E-state index contributed by atoms with van der Waals surface area (Å²) in [6.45, 7) is 2.27. The monoisotopic (exact) mass is 354 g/mol. The van der Waals surface area contributed by atoms with E-state index in [4.69, 9.17) is 4.74 Å². The number of hydrogen-bond donors (Lipinski definition) is 0. The second-order valence-corrected chi connectivity index (χ2v) is 6.87. The number of nitrogens with zero attached hydrogens (tertiary/aromatic N) is 1. The van der Waals surface area contributed by atoms with Gasteiger partial charge < -0.3 is 4.74 Å². The number of rotatable bonds is 5. The van der Waals surface area contributed by atoms with Crippen molar-refractivity contribution in [3.05, 3.63) is 108 Å². The first kappa shape index (κ1) is 17.3. The summed E-state index contributed by atoms with van der Waals surface area (Å²) in [5.74, 6) is 0.891. The molecule has 0 aliphatic carbocycles. The molecule has 0 N–H and O–H groups in total. The fourth-order valence-corrected chi connectivity index (χ4v) is 3.67. The molecule has 0 amide bonds. The van der Waals surface area contributed by atoms with Crippen LogP contribution >= 0.6 is 0 Å². The van der Waals surface area contributed by atoms with E-state index < -0.39 is 0 Å². The smallest absolute Gasteiger partial charge is 0.194 e. The van der Waals surface area contributed by atoms with E-state index in [0.717, 1.165) is 12.2 Å². The molecule has 1 aromatic heterocycles. The lowest BCUT2D eigenvalue weighted by Gasteiger charge is -2.14. The highest BCUT2D eigenvalue weighted by Crippen LogP contribution is 2.22. The highest BCUT2D eigenvalue weighted by Gasteiger charge is 2.22. The molecule has 2 heteroatoms. The highest BCUT2D eigenvalue weighted by molar-refractivity contribution is 5.83. The third kappa shape index (κ3) is 3.56. The quantitative estimate of drug-likeness (QED) is 0.441. The van der Waals surface area contributed by atoms with Crippen LogP contribution in [0.4, 0.5) is 0 Å². The molecule has 4 rings (SSSR count). The molecule has 4 aromatic rings. The zero-order chi connectivity index (χ0) is 18.6. The largest absolute Gasteiger partial charge is 0.497 e. The Bertz CT molecular complexity index is 1040. The van der Waals surface area contributed by atoms with E-state index in [2.05, 4.69) is 90.5 Å². The van der Waals surface area contributed by atoms with Gasteiger partial charge in [-0.3, -0.25) is 0 Å². The molecule has 0 aliphatic heterocycles. The van der Waals surface area contributed by atoms with Crippen molar-refractivity contribution in [2.24, 2.45) is 0 Å². The number of pyridine rings is 1. The van der Waals surface area contributed by atoms with E-state index in [1.807, 2.05) is 12.1 Å². The molecular weight excluding hydrogens is 330 g/mol. The first-order chi connectivity index (χ1) is 13.3. The zero-order valence-corrected chi connectivity index (χ0v) is 15.8. The van der Waals surface area contributed by atoms with Gasteiger partial charge in [0.15, 0.2) is 17.9 Å². The Morgan fingerprint density at radius 2 is 1.52 bits per heavy atom. The molecular formula is C25H24NO+. The van der Waals surface area contributed by atoms with Crippen LogP contribution in [0.3, 0.4) is 0 Å². The molecule has 0 saturated heterocycles. The lowest BCUT2D eigenvalue weighted by Crippen LogP contribution is -2.42. The van der Waals surface area contributed by atoms with E-state index in [-0.39, 0.29) is 6.04 Å². The predicted octanol–water partition coefficient (Wildman–Crippen LogP) is 5.34. The van der Waals surface area contributed by atoms with Crippen molar-refractivity contribution in [2.75, 3.05) is 7.11 Å². The Kier molecular flexibility index (Phi) is 4.88. The average Bonchev–Trinajstić information content (AvgIpc) is 2.74. The molecule has 0 unspecified atom stereocenters. The summed E-state index contributed by atoms with van der Waals surface area (Å²) >= 11 is 0. The number of methoxy groups -OCH3 is 1. The van der Waals surface area contributed by atoms with Gasteiger partial charge in [-0.1, -0.05) is 60.7 Å². The Balaban J connectivity index is 1.82. The first-order valence-corrected chi connectivity index (χ1v) is 9.36. The third-order valence-corrected chi connectivity index (χ3v) is 5.23. The molecule has 0 bridgehead atoms. The molecule has 27 heavy (non-hydrogen) atoms. The van der Waals surface area contributed by atoms with Crippen molar-refractivity contribution in [1.29, 1.82) is 0 Å². The molecule has 2 nitrogen and oxygen atoms in total. The van der Waals surface area contributed by atoms with Gasteiger partial charge in [0.2, 0.25) is 0 Å². The first-order valence-electron chi connectivity index (χ1n) is 9.36. The highest BCUT2D eigenvalue weighted by atomic mass is 16.5. The maximum Gasteiger partial charge on any atom is 0.194 e. The van der Waals surface area contributed by atoms with Crippen LogP contribution in [0.5, 0.6) is 5.75 Å². The summed E-state index contributed by atoms with van der Waals surface area (Å²) in [6, 6.07) is 30.2. The standard InChI is InChI=1S/C25H24NO/c1-19(21-8-4-3-5-9-21)26-17-16-22-10-6-7-11-24(22)25(26)18-20-12-14-23(27-2)15-13-20/h3-17,19H,18H2,1-2H3/q+1/t19-/m0/s1.